The first kappa shape index (κ1) is 20.7. The Balaban J connectivity index is 1.79. The molecule has 0 radical (unpaired) electrons. The average Bonchev–Trinajstić information content (AvgIpc) is 2.54. The number of esters is 1. The predicted molar refractivity (Wildman–Crippen MR) is 98.7 cm³/mol. The Kier molecular flexibility index (Phi) is 7.33. The van der Waals surface area contributed by atoms with E-state index in [-0.39, 0.29) is 35.4 Å². The summed E-state index contributed by atoms with van der Waals surface area (Å²) in [4.78, 5) is 24.9. The van der Waals surface area contributed by atoms with Crippen LogP contribution in [0.2, 0.25) is 0 Å². The van der Waals surface area contributed by atoms with Crippen molar-refractivity contribution < 1.29 is 19.1 Å². The van der Waals surface area contributed by atoms with Crippen molar-refractivity contribution in [3.05, 3.63) is 0 Å². The van der Waals surface area contributed by atoms with E-state index in [2.05, 4.69) is 0 Å². The first-order chi connectivity index (χ1) is 11.7. The molecular formula is C20H33ClO4. The van der Waals surface area contributed by atoms with Crippen molar-refractivity contribution >= 4 is 23.4 Å². The third kappa shape index (κ3) is 5.96. The van der Waals surface area contributed by atoms with Gasteiger partial charge >= 0.3 is 5.97 Å². The lowest BCUT2D eigenvalue weighted by Gasteiger charge is -2.35. The van der Waals surface area contributed by atoms with E-state index in [9.17, 15) is 9.59 Å². The predicted octanol–water partition coefficient (Wildman–Crippen LogP) is 4.66. The van der Waals surface area contributed by atoms with Gasteiger partial charge in [0, 0.05) is 17.2 Å². The van der Waals surface area contributed by atoms with Crippen LogP contribution in [-0.4, -0.2) is 34.9 Å². The van der Waals surface area contributed by atoms with Crippen LogP contribution in [0.3, 0.4) is 0 Å². The summed E-state index contributed by atoms with van der Waals surface area (Å²) in [5, 5.41) is 0.251. The van der Waals surface area contributed by atoms with Gasteiger partial charge in [-0.2, -0.15) is 0 Å². The van der Waals surface area contributed by atoms with Crippen molar-refractivity contribution in [2.75, 3.05) is 0 Å². The van der Waals surface area contributed by atoms with Gasteiger partial charge in [-0.1, -0.05) is 0 Å². The van der Waals surface area contributed by atoms with Gasteiger partial charge < -0.3 is 9.47 Å². The van der Waals surface area contributed by atoms with Gasteiger partial charge in [0.05, 0.1) is 12.2 Å². The largest absolute Gasteiger partial charge is 0.461 e. The molecule has 0 amide bonds. The zero-order valence-electron chi connectivity index (χ0n) is 16.1. The zero-order valence-corrected chi connectivity index (χ0v) is 16.8. The molecule has 0 heterocycles. The van der Waals surface area contributed by atoms with E-state index in [1.54, 1.807) is 13.8 Å². The number of hydrogen-bond donors (Lipinski definition) is 0. The Morgan fingerprint density at radius 1 is 0.920 bits per heavy atom. The van der Waals surface area contributed by atoms with E-state index in [1.165, 1.54) is 0 Å². The summed E-state index contributed by atoms with van der Waals surface area (Å²) in [6.07, 6.45) is 7.07. The molecular weight excluding hydrogens is 340 g/mol. The Morgan fingerprint density at radius 3 is 1.88 bits per heavy atom. The normalized spacial score (nSPS) is 31.0. The fraction of sp³-hybridized carbons (Fsp3) is 0.900. The molecule has 2 saturated carbocycles. The Hall–Kier alpha value is -0.610. The maximum absolute atomic E-state index is 12.7. The molecule has 5 heteroatoms. The van der Waals surface area contributed by atoms with Crippen molar-refractivity contribution in [3.8, 4) is 0 Å². The van der Waals surface area contributed by atoms with Crippen molar-refractivity contribution in [1.29, 1.82) is 0 Å². The van der Waals surface area contributed by atoms with E-state index in [0.717, 1.165) is 51.4 Å². The molecule has 0 N–H and O–H groups in total. The molecule has 144 valence electrons. The maximum atomic E-state index is 12.7. The second-order valence-electron chi connectivity index (χ2n) is 8.41. The van der Waals surface area contributed by atoms with E-state index < -0.39 is 5.60 Å². The minimum absolute atomic E-state index is 0.0253. The molecule has 2 aliphatic carbocycles. The quantitative estimate of drug-likeness (QED) is 0.502. The molecule has 0 aromatic heterocycles. The highest BCUT2D eigenvalue weighted by molar-refractivity contribution is 6.20. The van der Waals surface area contributed by atoms with Crippen LogP contribution in [0.15, 0.2) is 0 Å². The molecule has 2 aliphatic rings. The molecule has 0 atom stereocenters. The molecule has 0 bridgehead atoms. The number of carbonyl (C=O) groups is 2. The van der Waals surface area contributed by atoms with E-state index >= 15 is 0 Å². The third-order valence-electron chi connectivity index (χ3n) is 5.43. The number of ether oxygens (including phenoxy) is 2. The van der Waals surface area contributed by atoms with Crippen LogP contribution in [0.4, 0.5) is 0 Å². The second-order valence-corrected chi connectivity index (χ2v) is 9.02. The number of Topliss-reactive ketones (excluding diaryl/α,β-unsaturated/α-hetero) is 1. The number of alkyl halides is 1. The molecule has 2 rings (SSSR count). The van der Waals surface area contributed by atoms with Gasteiger partial charge in [0.25, 0.3) is 0 Å². The van der Waals surface area contributed by atoms with Gasteiger partial charge in [-0.3, -0.25) is 4.79 Å². The van der Waals surface area contributed by atoms with Crippen LogP contribution in [0.5, 0.6) is 0 Å². The van der Waals surface area contributed by atoms with E-state index in [1.807, 2.05) is 13.8 Å². The fourth-order valence-electron chi connectivity index (χ4n) is 3.96. The Bertz CT molecular complexity index is 458. The van der Waals surface area contributed by atoms with Gasteiger partial charge in [-0.25, -0.2) is 4.79 Å². The van der Waals surface area contributed by atoms with Crippen LogP contribution in [-0.2, 0) is 19.1 Å². The molecule has 0 aromatic carbocycles. The molecule has 0 saturated heterocycles. The molecule has 2 fully saturated rings. The van der Waals surface area contributed by atoms with Gasteiger partial charge in [-0.15, -0.1) is 11.6 Å². The summed E-state index contributed by atoms with van der Waals surface area (Å²) in [5.74, 6) is 0.469. The van der Waals surface area contributed by atoms with Gasteiger partial charge in [0.1, 0.15) is 5.78 Å². The smallest absolute Gasteiger partial charge is 0.338 e. The lowest BCUT2D eigenvalue weighted by molar-refractivity contribution is -0.181. The minimum atomic E-state index is -0.940. The third-order valence-corrected chi connectivity index (χ3v) is 5.87. The summed E-state index contributed by atoms with van der Waals surface area (Å²) in [7, 11) is 0. The van der Waals surface area contributed by atoms with Crippen molar-refractivity contribution in [2.24, 2.45) is 11.8 Å². The summed E-state index contributed by atoms with van der Waals surface area (Å²) in [6.45, 7) is 7.20. The van der Waals surface area contributed by atoms with Crippen LogP contribution in [0.1, 0.15) is 79.1 Å². The SMILES string of the molecule is CC(C)OC(=O)C(C)(C)OC1CCC(C(=O)C2CCC(Cl)CC2)CC1. The topological polar surface area (TPSA) is 52.6 Å². The van der Waals surface area contributed by atoms with Crippen molar-refractivity contribution in [3.63, 3.8) is 0 Å². The second kappa shape index (κ2) is 8.85. The molecule has 0 aliphatic heterocycles. The van der Waals surface area contributed by atoms with E-state index in [0.29, 0.717) is 5.78 Å². The molecule has 25 heavy (non-hydrogen) atoms. The summed E-state index contributed by atoms with van der Waals surface area (Å²) < 4.78 is 11.3. The van der Waals surface area contributed by atoms with Gasteiger partial charge in [0.15, 0.2) is 5.60 Å². The van der Waals surface area contributed by atoms with Crippen LogP contribution in [0, 0.1) is 11.8 Å². The number of ketones is 1. The first-order valence-electron chi connectivity index (χ1n) is 9.75. The number of rotatable bonds is 6. The van der Waals surface area contributed by atoms with Crippen LogP contribution < -0.4 is 0 Å². The summed E-state index contributed by atoms with van der Waals surface area (Å²) in [6, 6.07) is 0. The summed E-state index contributed by atoms with van der Waals surface area (Å²) in [5.41, 5.74) is -0.940. The van der Waals surface area contributed by atoms with E-state index in [4.69, 9.17) is 21.1 Å². The van der Waals surface area contributed by atoms with Crippen molar-refractivity contribution in [2.45, 2.75) is 102 Å². The first-order valence-corrected chi connectivity index (χ1v) is 10.2. The summed E-state index contributed by atoms with van der Waals surface area (Å²) >= 11 is 6.14. The lowest BCUT2D eigenvalue weighted by Crippen LogP contribution is -2.42. The number of halogens is 1. The van der Waals surface area contributed by atoms with Crippen molar-refractivity contribution in [1.82, 2.24) is 0 Å². The standard InChI is InChI=1S/C20H33ClO4/c1-13(2)24-19(23)20(3,4)25-17-11-7-15(8-12-17)18(22)14-5-9-16(21)10-6-14/h13-17H,5-12H2,1-4H3. The highest BCUT2D eigenvalue weighted by Crippen LogP contribution is 2.35. The average molecular weight is 373 g/mol. The molecule has 0 aromatic rings. The highest BCUT2D eigenvalue weighted by atomic mass is 35.5. The molecule has 0 spiro atoms. The molecule has 4 nitrogen and oxygen atoms in total. The maximum Gasteiger partial charge on any atom is 0.338 e. The lowest BCUT2D eigenvalue weighted by atomic mass is 9.76. The van der Waals surface area contributed by atoms with Crippen LogP contribution in [0.25, 0.3) is 0 Å². The number of carbonyl (C=O) groups excluding carboxylic acids is 2. The Morgan fingerprint density at radius 2 is 1.40 bits per heavy atom. The fourth-order valence-corrected chi connectivity index (χ4v) is 4.21. The highest BCUT2D eigenvalue weighted by Gasteiger charge is 2.37. The van der Waals surface area contributed by atoms with Gasteiger partial charge in [0.2, 0.25) is 0 Å². The van der Waals surface area contributed by atoms with Crippen LogP contribution >= 0.6 is 11.6 Å². The van der Waals surface area contributed by atoms with Gasteiger partial charge in [-0.05, 0) is 79.1 Å². The Labute approximate surface area is 157 Å². The monoisotopic (exact) mass is 372 g/mol. The molecule has 0 unspecified atom stereocenters. The minimum Gasteiger partial charge on any atom is -0.461 e. The number of hydrogen-bond acceptors (Lipinski definition) is 4. The zero-order chi connectivity index (χ0) is 18.6.